The second-order valence-corrected chi connectivity index (χ2v) is 6.85. The summed E-state index contributed by atoms with van der Waals surface area (Å²) >= 11 is 0. The molecular weight excluding hydrogens is 314 g/mol. The van der Waals surface area contributed by atoms with Gasteiger partial charge in [0.05, 0.1) is 12.1 Å². The van der Waals surface area contributed by atoms with Crippen LogP contribution in [-0.4, -0.2) is 46.1 Å². The molecule has 1 aromatic heterocycles. The van der Waals surface area contributed by atoms with Crippen molar-refractivity contribution in [3.8, 4) is 0 Å². The third-order valence-electron chi connectivity index (χ3n) is 5.01. The minimum Gasteiger partial charge on any atom is -0.480 e. The zero-order valence-corrected chi connectivity index (χ0v) is 15.0. The van der Waals surface area contributed by atoms with E-state index >= 15 is 0 Å². The normalized spacial score (nSPS) is 19.8. The molecule has 3 rings (SSSR count). The van der Waals surface area contributed by atoms with Gasteiger partial charge in [0, 0.05) is 28.9 Å². The summed E-state index contributed by atoms with van der Waals surface area (Å²) in [7, 11) is 0. The lowest BCUT2D eigenvalue weighted by Crippen LogP contribution is -2.51. The highest BCUT2D eigenvalue weighted by Crippen LogP contribution is 2.31. The van der Waals surface area contributed by atoms with Crippen molar-refractivity contribution in [3.63, 3.8) is 0 Å². The third kappa shape index (κ3) is 4.10. The number of hydrogen-bond acceptors (Lipinski definition) is 4. The molecule has 25 heavy (non-hydrogen) atoms. The maximum atomic E-state index is 11.0. The minimum absolute atomic E-state index is 0.132. The molecule has 1 saturated carbocycles. The van der Waals surface area contributed by atoms with Crippen molar-refractivity contribution < 1.29 is 9.90 Å². The molecule has 1 aliphatic rings. The Hall–Kier alpha value is -2.14. The second kappa shape index (κ2) is 7.83. The van der Waals surface area contributed by atoms with Crippen LogP contribution in [0.1, 0.15) is 38.8 Å². The van der Waals surface area contributed by atoms with Gasteiger partial charge in [0.15, 0.2) is 0 Å². The van der Waals surface area contributed by atoms with Gasteiger partial charge in [-0.3, -0.25) is 14.7 Å². The third-order valence-corrected chi connectivity index (χ3v) is 5.01. The fourth-order valence-corrected chi connectivity index (χ4v) is 3.63. The van der Waals surface area contributed by atoms with Crippen LogP contribution in [0.15, 0.2) is 30.3 Å². The number of fused-ring (bicyclic) bond motifs is 1. The van der Waals surface area contributed by atoms with Crippen molar-refractivity contribution in [2.75, 3.05) is 18.4 Å². The molecule has 0 spiro atoms. The summed E-state index contributed by atoms with van der Waals surface area (Å²) in [5.41, 5.74) is 3.31. The van der Waals surface area contributed by atoms with Gasteiger partial charge < -0.3 is 10.4 Å². The highest BCUT2D eigenvalue weighted by Gasteiger charge is 2.34. The average Bonchev–Trinajstić information content (AvgIpc) is 2.56. The molecule has 0 radical (unpaired) electrons. The number of carboxylic acids is 1. The van der Waals surface area contributed by atoms with E-state index in [9.17, 15) is 4.79 Å². The first-order chi connectivity index (χ1) is 12.1. The molecule has 2 aromatic rings. The molecule has 134 valence electrons. The molecule has 1 heterocycles. The smallest absolute Gasteiger partial charge is 0.317 e. The molecular formula is C20H27N3O2. The van der Waals surface area contributed by atoms with Gasteiger partial charge in [0.1, 0.15) is 0 Å². The Morgan fingerprint density at radius 2 is 2.08 bits per heavy atom. The summed E-state index contributed by atoms with van der Waals surface area (Å²) in [4.78, 5) is 17.8. The topological polar surface area (TPSA) is 65.5 Å². The van der Waals surface area contributed by atoms with E-state index in [0.717, 1.165) is 54.5 Å². The van der Waals surface area contributed by atoms with Crippen LogP contribution in [0, 0.1) is 0 Å². The molecule has 0 atom stereocenters. The maximum absolute atomic E-state index is 11.0. The van der Waals surface area contributed by atoms with Gasteiger partial charge in [-0.1, -0.05) is 38.5 Å². The van der Waals surface area contributed by atoms with Gasteiger partial charge in [-0.2, -0.15) is 0 Å². The molecule has 0 unspecified atom stereocenters. The van der Waals surface area contributed by atoms with Gasteiger partial charge in [0.25, 0.3) is 0 Å². The van der Waals surface area contributed by atoms with Gasteiger partial charge in [0.2, 0.25) is 0 Å². The number of anilines is 1. The summed E-state index contributed by atoms with van der Waals surface area (Å²) < 4.78 is 0. The summed E-state index contributed by atoms with van der Waals surface area (Å²) in [6, 6.07) is 11.2. The number of carbonyl (C=O) groups is 1. The highest BCUT2D eigenvalue weighted by molar-refractivity contribution is 5.91. The standard InChI is InChI=1S/C20H27N3O2/c1-3-7-14-12-19(17-8-5-6-9-18(17)21-14)22-15-10-16(11-15)23(4-2)13-20(24)25/h5-6,8-9,12,15-16H,3-4,7,10-11,13H2,1-2H3,(H,21,22)(H,24,25). The number of pyridine rings is 1. The molecule has 0 aliphatic heterocycles. The maximum Gasteiger partial charge on any atom is 0.317 e. The second-order valence-electron chi connectivity index (χ2n) is 6.85. The van der Waals surface area contributed by atoms with E-state index in [0.29, 0.717) is 12.1 Å². The number of likely N-dealkylation sites (N-methyl/N-ethyl adjacent to an activating group) is 1. The van der Waals surface area contributed by atoms with Crippen molar-refractivity contribution in [2.24, 2.45) is 0 Å². The zero-order chi connectivity index (χ0) is 17.8. The molecule has 1 fully saturated rings. The van der Waals surface area contributed by atoms with Gasteiger partial charge >= 0.3 is 5.97 Å². The van der Waals surface area contributed by atoms with Crippen molar-refractivity contribution in [2.45, 2.75) is 51.6 Å². The number of nitrogens with zero attached hydrogens (tertiary/aromatic N) is 2. The molecule has 2 N–H and O–H groups in total. The number of para-hydroxylation sites is 1. The summed E-state index contributed by atoms with van der Waals surface area (Å²) in [5.74, 6) is -0.748. The first kappa shape index (κ1) is 17.7. The Morgan fingerprint density at radius 3 is 2.76 bits per heavy atom. The number of aliphatic carboxylic acids is 1. The van der Waals surface area contributed by atoms with Crippen LogP contribution in [0.4, 0.5) is 5.69 Å². The molecule has 5 heteroatoms. The Balaban J connectivity index is 1.70. The first-order valence-corrected chi connectivity index (χ1v) is 9.21. The Bertz CT molecular complexity index is 741. The van der Waals surface area contributed by atoms with Crippen LogP contribution in [0.3, 0.4) is 0 Å². The monoisotopic (exact) mass is 341 g/mol. The molecule has 0 amide bonds. The molecule has 1 aliphatic carbocycles. The number of aromatic nitrogens is 1. The minimum atomic E-state index is -0.748. The van der Waals surface area contributed by atoms with E-state index in [1.54, 1.807) is 0 Å². The lowest BCUT2D eigenvalue weighted by molar-refractivity contribution is -0.139. The summed E-state index contributed by atoms with van der Waals surface area (Å²) in [6.07, 6.45) is 4.04. The number of nitrogens with one attached hydrogen (secondary N) is 1. The number of aryl methyl sites for hydroxylation is 1. The van der Waals surface area contributed by atoms with Crippen LogP contribution in [0.5, 0.6) is 0 Å². The average molecular weight is 341 g/mol. The largest absolute Gasteiger partial charge is 0.480 e. The Morgan fingerprint density at radius 1 is 1.32 bits per heavy atom. The predicted octanol–water partition coefficient (Wildman–Crippen LogP) is 3.54. The number of carboxylic acid groups (broad SMARTS) is 1. The van der Waals surface area contributed by atoms with E-state index < -0.39 is 5.97 Å². The van der Waals surface area contributed by atoms with E-state index in [2.05, 4.69) is 30.4 Å². The van der Waals surface area contributed by atoms with Crippen LogP contribution in [0.2, 0.25) is 0 Å². The van der Waals surface area contributed by atoms with Gasteiger partial charge in [-0.25, -0.2) is 0 Å². The Labute approximate surface area is 149 Å². The fraction of sp³-hybridized carbons (Fsp3) is 0.500. The van der Waals surface area contributed by atoms with E-state index in [1.807, 2.05) is 24.0 Å². The van der Waals surface area contributed by atoms with E-state index in [4.69, 9.17) is 10.1 Å². The number of rotatable bonds is 8. The van der Waals surface area contributed by atoms with Crippen molar-refractivity contribution in [1.82, 2.24) is 9.88 Å². The van der Waals surface area contributed by atoms with Gasteiger partial charge in [-0.05, 0) is 37.9 Å². The number of benzene rings is 1. The van der Waals surface area contributed by atoms with Crippen LogP contribution in [-0.2, 0) is 11.2 Å². The highest BCUT2D eigenvalue weighted by atomic mass is 16.4. The van der Waals surface area contributed by atoms with Crippen molar-refractivity contribution >= 4 is 22.6 Å². The molecule has 1 aromatic carbocycles. The fourth-order valence-electron chi connectivity index (χ4n) is 3.63. The SMILES string of the molecule is CCCc1cc(NC2CC(N(CC)CC(=O)O)C2)c2ccccc2n1. The lowest BCUT2D eigenvalue weighted by atomic mass is 9.85. The molecule has 5 nitrogen and oxygen atoms in total. The summed E-state index contributed by atoms with van der Waals surface area (Å²) in [5, 5.41) is 13.8. The zero-order valence-electron chi connectivity index (χ0n) is 15.0. The molecule has 0 saturated heterocycles. The number of hydrogen-bond donors (Lipinski definition) is 2. The van der Waals surface area contributed by atoms with E-state index in [1.165, 1.54) is 0 Å². The van der Waals surface area contributed by atoms with Crippen molar-refractivity contribution in [1.29, 1.82) is 0 Å². The Kier molecular flexibility index (Phi) is 5.53. The first-order valence-electron chi connectivity index (χ1n) is 9.21. The molecule has 0 bridgehead atoms. The van der Waals surface area contributed by atoms with Crippen LogP contribution < -0.4 is 5.32 Å². The predicted molar refractivity (Wildman–Crippen MR) is 101 cm³/mol. The van der Waals surface area contributed by atoms with Crippen LogP contribution in [0.25, 0.3) is 10.9 Å². The van der Waals surface area contributed by atoms with Crippen LogP contribution >= 0.6 is 0 Å². The lowest BCUT2D eigenvalue weighted by Gasteiger charge is -2.42. The quantitative estimate of drug-likeness (QED) is 0.769. The van der Waals surface area contributed by atoms with Crippen molar-refractivity contribution in [3.05, 3.63) is 36.0 Å². The summed E-state index contributed by atoms with van der Waals surface area (Å²) in [6.45, 7) is 5.11. The van der Waals surface area contributed by atoms with Gasteiger partial charge in [-0.15, -0.1) is 0 Å². The van der Waals surface area contributed by atoms with E-state index in [-0.39, 0.29) is 6.54 Å².